The summed E-state index contributed by atoms with van der Waals surface area (Å²) in [6, 6.07) is 9.81. The lowest BCUT2D eigenvalue weighted by atomic mass is 10.2. The van der Waals surface area contributed by atoms with E-state index in [-0.39, 0.29) is 5.56 Å². The predicted octanol–water partition coefficient (Wildman–Crippen LogP) is 3.33. The first-order chi connectivity index (χ1) is 9.95. The van der Waals surface area contributed by atoms with E-state index >= 15 is 0 Å². The summed E-state index contributed by atoms with van der Waals surface area (Å²) in [6.07, 6.45) is 0. The first-order valence-corrected chi connectivity index (χ1v) is 6.68. The standard InChI is InChI=1S/C14H11BrFN3O2/c15-8-4-5-11(12(16)6-8)13(20)18-9-2-1-3-10(7-9)19-14(17)21/h1-7H,(H,18,20)(H3,17,19,21). The molecule has 2 rings (SSSR count). The van der Waals surface area contributed by atoms with Gasteiger partial charge in [0, 0.05) is 15.8 Å². The average Bonchev–Trinajstić information content (AvgIpc) is 2.37. The molecule has 3 amide bonds. The number of rotatable bonds is 3. The second kappa shape index (κ2) is 6.36. The molecule has 0 spiro atoms. The van der Waals surface area contributed by atoms with Gasteiger partial charge in [0.2, 0.25) is 0 Å². The summed E-state index contributed by atoms with van der Waals surface area (Å²) in [4.78, 5) is 22.8. The monoisotopic (exact) mass is 351 g/mol. The van der Waals surface area contributed by atoms with Crippen molar-refractivity contribution < 1.29 is 14.0 Å². The zero-order valence-corrected chi connectivity index (χ0v) is 12.3. The molecule has 0 heterocycles. The van der Waals surface area contributed by atoms with Crippen LogP contribution in [0, 0.1) is 5.82 Å². The van der Waals surface area contributed by atoms with Crippen molar-refractivity contribution in [3.05, 3.63) is 58.3 Å². The Kier molecular flexibility index (Phi) is 4.54. The van der Waals surface area contributed by atoms with Crippen molar-refractivity contribution in [1.29, 1.82) is 0 Å². The quantitative estimate of drug-likeness (QED) is 0.792. The zero-order valence-electron chi connectivity index (χ0n) is 10.7. The Morgan fingerprint density at radius 1 is 1.05 bits per heavy atom. The Morgan fingerprint density at radius 3 is 2.33 bits per heavy atom. The molecule has 0 saturated carbocycles. The summed E-state index contributed by atoms with van der Waals surface area (Å²) in [5.74, 6) is -1.22. The van der Waals surface area contributed by atoms with Crippen molar-refractivity contribution in [1.82, 2.24) is 0 Å². The third-order valence-electron chi connectivity index (χ3n) is 2.56. The van der Waals surface area contributed by atoms with E-state index in [0.717, 1.165) is 0 Å². The van der Waals surface area contributed by atoms with Crippen LogP contribution in [0.25, 0.3) is 0 Å². The van der Waals surface area contributed by atoms with Gasteiger partial charge in [-0.25, -0.2) is 9.18 Å². The van der Waals surface area contributed by atoms with Crippen molar-refractivity contribution in [2.24, 2.45) is 5.73 Å². The SMILES string of the molecule is NC(=O)Nc1cccc(NC(=O)c2ccc(Br)cc2F)c1. The number of carbonyl (C=O) groups is 2. The van der Waals surface area contributed by atoms with Crippen LogP contribution in [-0.4, -0.2) is 11.9 Å². The highest BCUT2D eigenvalue weighted by Crippen LogP contribution is 2.19. The molecule has 4 N–H and O–H groups in total. The molecule has 108 valence electrons. The van der Waals surface area contributed by atoms with E-state index in [0.29, 0.717) is 15.8 Å². The number of urea groups is 1. The van der Waals surface area contributed by atoms with Gasteiger partial charge in [-0.3, -0.25) is 4.79 Å². The van der Waals surface area contributed by atoms with Crippen LogP contribution in [0.15, 0.2) is 46.9 Å². The third kappa shape index (κ3) is 4.03. The number of hydrogen-bond acceptors (Lipinski definition) is 2. The van der Waals surface area contributed by atoms with E-state index in [1.165, 1.54) is 18.2 Å². The smallest absolute Gasteiger partial charge is 0.316 e. The van der Waals surface area contributed by atoms with Crippen LogP contribution in [0.3, 0.4) is 0 Å². The number of primary amides is 1. The van der Waals surface area contributed by atoms with Crippen LogP contribution in [-0.2, 0) is 0 Å². The lowest BCUT2D eigenvalue weighted by Crippen LogP contribution is -2.19. The molecule has 5 nitrogen and oxygen atoms in total. The summed E-state index contributed by atoms with van der Waals surface area (Å²) in [5.41, 5.74) is 5.77. The summed E-state index contributed by atoms with van der Waals surface area (Å²) in [5, 5.41) is 4.93. The Morgan fingerprint density at radius 2 is 1.71 bits per heavy atom. The van der Waals surface area contributed by atoms with Gasteiger partial charge in [-0.15, -0.1) is 0 Å². The van der Waals surface area contributed by atoms with E-state index in [2.05, 4.69) is 26.6 Å². The highest BCUT2D eigenvalue weighted by molar-refractivity contribution is 9.10. The topological polar surface area (TPSA) is 84.2 Å². The molecular weight excluding hydrogens is 341 g/mol. The molecule has 0 aliphatic carbocycles. The van der Waals surface area contributed by atoms with Crippen LogP contribution in [0.4, 0.5) is 20.6 Å². The molecular formula is C14H11BrFN3O2. The lowest BCUT2D eigenvalue weighted by molar-refractivity contribution is 0.102. The van der Waals surface area contributed by atoms with Gasteiger partial charge < -0.3 is 16.4 Å². The fraction of sp³-hybridized carbons (Fsp3) is 0. The maximum atomic E-state index is 13.7. The van der Waals surface area contributed by atoms with Gasteiger partial charge in [0.25, 0.3) is 5.91 Å². The second-order valence-electron chi connectivity index (χ2n) is 4.15. The van der Waals surface area contributed by atoms with Crippen molar-refractivity contribution in [2.45, 2.75) is 0 Å². The van der Waals surface area contributed by atoms with Gasteiger partial charge >= 0.3 is 6.03 Å². The molecule has 0 aliphatic heterocycles. The van der Waals surface area contributed by atoms with Crippen molar-refractivity contribution in [2.75, 3.05) is 10.6 Å². The molecule has 0 unspecified atom stereocenters. The summed E-state index contributed by atoms with van der Waals surface area (Å²) in [7, 11) is 0. The van der Waals surface area contributed by atoms with Crippen molar-refractivity contribution in [3.63, 3.8) is 0 Å². The first kappa shape index (κ1) is 15.0. The van der Waals surface area contributed by atoms with Gasteiger partial charge in [0.15, 0.2) is 0 Å². The molecule has 0 radical (unpaired) electrons. The summed E-state index contributed by atoms with van der Waals surface area (Å²) >= 11 is 3.12. The third-order valence-corrected chi connectivity index (χ3v) is 3.06. The Labute approximate surface area is 128 Å². The van der Waals surface area contributed by atoms with Gasteiger partial charge in [-0.05, 0) is 36.4 Å². The molecule has 0 aromatic heterocycles. The van der Waals surface area contributed by atoms with E-state index in [1.54, 1.807) is 24.3 Å². The largest absolute Gasteiger partial charge is 0.351 e. The highest BCUT2D eigenvalue weighted by atomic mass is 79.9. The molecule has 2 aromatic rings. The fourth-order valence-electron chi connectivity index (χ4n) is 1.69. The Hall–Kier alpha value is -2.41. The summed E-state index contributed by atoms with van der Waals surface area (Å²) < 4.78 is 14.2. The molecule has 0 saturated heterocycles. The van der Waals surface area contributed by atoms with Crippen molar-refractivity contribution >= 4 is 39.2 Å². The predicted molar refractivity (Wildman–Crippen MR) is 81.7 cm³/mol. The second-order valence-corrected chi connectivity index (χ2v) is 5.06. The minimum Gasteiger partial charge on any atom is -0.351 e. The number of carbonyl (C=O) groups excluding carboxylic acids is 2. The summed E-state index contributed by atoms with van der Waals surface area (Å²) in [6.45, 7) is 0. The van der Waals surface area contributed by atoms with Gasteiger partial charge in [-0.1, -0.05) is 22.0 Å². The average molecular weight is 352 g/mol. The molecule has 0 atom stereocenters. The Balaban J connectivity index is 2.17. The van der Waals surface area contributed by atoms with E-state index in [4.69, 9.17) is 5.73 Å². The molecule has 0 aliphatic rings. The van der Waals surface area contributed by atoms with Gasteiger partial charge in [0.1, 0.15) is 5.82 Å². The highest BCUT2D eigenvalue weighted by Gasteiger charge is 2.12. The molecule has 21 heavy (non-hydrogen) atoms. The van der Waals surface area contributed by atoms with Crippen LogP contribution in [0.2, 0.25) is 0 Å². The van der Waals surface area contributed by atoms with Crippen LogP contribution in [0.5, 0.6) is 0 Å². The number of nitrogens with two attached hydrogens (primary N) is 1. The maximum Gasteiger partial charge on any atom is 0.316 e. The number of benzene rings is 2. The zero-order chi connectivity index (χ0) is 15.4. The molecule has 0 bridgehead atoms. The minimum absolute atomic E-state index is 0.0773. The van der Waals surface area contributed by atoms with Crippen LogP contribution < -0.4 is 16.4 Å². The number of hydrogen-bond donors (Lipinski definition) is 3. The van der Waals surface area contributed by atoms with Gasteiger partial charge in [0.05, 0.1) is 5.56 Å². The molecule has 0 fully saturated rings. The van der Waals surface area contributed by atoms with Crippen LogP contribution >= 0.6 is 15.9 Å². The number of halogens is 2. The van der Waals surface area contributed by atoms with Crippen molar-refractivity contribution in [3.8, 4) is 0 Å². The molecule has 7 heteroatoms. The lowest BCUT2D eigenvalue weighted by Gasteiger charge is -2.08. The first-order valence-electron chi connectivity index (χ1n) is 5.88. The molecule has 2 aromatic carbocycles. The van der Waals surface area contributed by atoms with Gasteiger partial charge in [-0.2, -0.15) is 0 Å². The van der Waals surface area contributed by atoms with Crippen LogP contribution in [0.1, 0.15) is 10.4 Å². The van der Waals surface area contributed by atoms with E-state index in [9.17, 15) is 14.0 Å². The van der Waals surface area contributed by atoms with E-state index in [1.807, 2.05) is 0 Å². The Bertz CT molecular complexity index is 706. The normalized spacial score (nSPS) is 10.0. The minimum atomic E-state index is -0.711. The van der Waals surface area contributed by atoms with E-state index < -0.39 is 17.8 Å². The maximum absolute atomic E-state index is 13.7. The number of nitrogens with one attached hydrogen (secondary N) is 2. The number of anilines is 2. The number of amides is 3. The fourth-order valence-corrected chi connectivity index (χ4v) is 2.02.